The fourth-order valence-corrected chi connectivity index (χ4v) is 3.17. The van der Waals surface area contributed by atoms with Gasteiger partial charge in [0.2, 0.25) is 0 Å². The van der Waals surface area contributed by atoms with Crippen LogP contribution in [-0.2, 0) is 16.8 Å². The zero-order valence-electron chi connectivity index (χ0n) is 12.0. The van der Waals surface area contributed by atoms with Gasteiger partial charge >= 0.3 is 5.97 Å². The summed E-state index contributed by atoms with van der Waals surface area (Å²) >= 11 is 0. The molecule has 4 heteroatoms. The van der Waals surface area contributed by atoms with Gasteiger partial charge in [-0.2, -0.15) is 0 Å². The first kappa shape index (κ1) is 13.1. The third-order valence-corrected chi connectivity index (χ3v) is 4.71. The predicted molar refractivity (Wildman–Crippen MR) is 81.9 cm³/mol. The second kappa shape index (κ2) is 4.44. The van der Waals surface area contributed by atoms with Crippen LogP contribution in [0.15, 0.2) is 48.5 Å². The van der Waals surface area contributed by atoms with Crippen molar-refractivity contribution in [1.82, 2.24) is 0 Å². The van der Waals surface area contributed by atoms with Crippen LogP contribution < -0.4 is 4.90 Å². The van der Waals surface area contributed by atoms with Gasteiger partial charge in [0, 0.05) is 11.3 Å². The van der Waals surface area contributed by atoms with E-state index < -0.39 is 11.4 Å². The number of carbonyl (C=O) groups is 2. The van der Waals surface area contributed by atoms with Gasteiger partial charge in [-0.15, -0.1) is 0 Å². The maximum absolute atomic E-state index is 12.4. The zero-order chi connectivity index (χ0) is 15.3. The second-order valence-electron chi connectivity index (χ2n) is 5.98. The Balaban J connectivity index is 1.63. The minimum Gasteiger partial charge on any atom is -0.481 e. The number of hydrogen-bond donors (Lipinski definition) is 1. The van der Waals surface area contributed by atoms with E-state index in [1.807, 2.05) is 48.5 Å². The largest absolute Gasteiger partial charge is 0.481 e. The Morgan fingerprint density at radius 2 is 1.73 bits per heavy atom. The van der Waals surface area contributed by atoms with Crippen molar-refractivity contribution in [3.8, 4) is 0 Å². The Morgan fingerprint density at radius 1 is 1.05 bits per heavy atom. The van der Waals surface area contributed by atoms with Gasteiger partial charge < -0.3 is 10.0 Å². The maximum atomic E-state index is 12.4. The summed E-state index contributed by atoms with van der Waals surface area (Å²) in [7, 11) is 0. The van der Waals surface area contributed by atoms with Crippen molar-refractivity contribution >= 4 is 17.6 Å². The molecule has 1 amide bonds. The van der Waals surface area contributed by atoms with E-state index in [2.05, 4.69) is 0 Å². The Hall–Kier alpha value is -2.62. The van der Waals surface area contributed by atoms with Crippen LogP contribution in [0.4, 0.5) is 5.69 Å². The summed E-state index contributed by atoms with van der Waals surface area (Å²) < 4.78 is 0. The van der Waals surface area contributed by atoms with Crippen molar-refractivity contribution in [2.45, 2.75) is 24.8 Å². The average molecular weight is 293 g/mol. The van der Waals surface area contributed by atoms with Crippen LogP contribution in [0.5, 0.6) is 0 Å². The Morgan fingerprint density at radius 3 is 2.32 bits per heavy atom. The first-order valence-electron chi connectivity index (χ1n) is 7.35. The van der Waals surface area contributed by atoms with Crippen molar-refractivity contribution in [3.05, 3.63) is 65.2 Å². The number of carboxylic acids is 1. The van der Waals surface area contributed by atoms with Crippen molar-refractivity contribution in [2.75, 3.05) is 4.90 Å². The van der Waals surface area contributed by atoms with Gasteiger partial charge in [0.15, 0.2) is 0 Å². The van der Waals surface area contributed by atoms with Crippen LogP contribution >= 0.6 is 0 Å². The fourth-order valence-electron chi connectivity index (χ4n) is 3.17. The summed E-state index contributed by atoms with van der Waals surface area (Å²) in [5.41, 5.74) is 2.71. The van der Waals surface area contributed by atoms with E-state index in [0.717, 1.165) is 22.4 Å². The number of aliphatic carboxylic acids is 1. The molecular formula is C18H15NO3. The van der Waals surface area contributed by atoms with Crippen LogP contribution in [0.1, 0.15) is 34.3 Å². The number of benzene rings is 2. The van der Waals surface area contributed by atoms with Gasteiger partial charge in [0.25, 0.3) is 5.91 Å². The number of fused-ring (bicyclic) bond motifs is 1. The van der Waals surface area contributed by atoms with Gasteiger partial charge in [-0.05, 0) is 42.2 Å². The van der Waals surface area contributed by atoms with Gasteiger partial charge in [-0.3, -0.25) is 9.59 Å². The van der Waals surface area contributed by atoms with Gasteiger partial charge in [0.1, 0.15) is 0 Å². The summed E-state index contributed by atoms with van der Waals surface area (Å²) in [6.07, 6.45) is 1.38. The topological polar surface area (TPSA) is 57.6 Å². The standard InChI is InChI=1S/C18H15NO3/c20-16-15-4-2-1-3-12(15)11-19(16)14-7-5-13(6-8-14)18(9-10-18)17(21)22/h1-8H,9-11H2,(H,21,22). The van der Waals surface area contributed by atoms with Crippen molar-refractivity contribution < 1.29 is 14.7 Å². The van der Waals surface area contributed by atoms with E-state index in [-0.39, 0.29) is 5.91 Å². The number of hydrogen-bond acceptors (Lipinski definition) is 2. The third kappa shape index (κ3) is 1.77. The van der Waals surface area contributed by atoms with Crippen LogP contribution in [0, 0.1) is 0 Å². The number of anilines is 1. The van der Waals surface area contributed by atoms with Gasteiger partial charge in [-0.25, -0.2) is 0 Å². The highest BCUT2D eigenvalue weighted by molar-refractivity contribution is 6.10. The lowest BCUT2D eigenvalue weighted by molar-refractivity contribution is -0.140. The molecule has 1 N–H and O–H groups in total. The lowest BCUT2D eigenvalue weighted by Gasteiger charge is -2.17. The maximum Gasteiger partial charge on any atom is 0.314 e. The number of nitrogens with zero attached hydrogens (tertiary/aromatic N) is 1. The molecule has 1 aliphatic heterocycles. The third-order valence-electron chi connectivity index (χ3n) is 4.71. The van der Waals surface area contributed by atoms with Crippen molar-refractivity contribution in [1.29, 1.82) is 0 Å². The molecule has 1 fully saturated rings. The average Bonchev–Trinajstić information content (AvgIpc) is 3.29. The minimum absolute atomic E-state index is 0.00252. The molecule has 0 radical (unpaired) electrons. The first-order valence-corrected chi connectivity index (χ1v) is 7.35. The van der Waals surface area contributed by atoms with E-state index in [9.17, 15) is 14.7 Å². The molecule has 1 aliphatic carbocycles. The van der Waals surface area contributed by atoms with E-state index >= 15 is 0 Å². The summed E-state index contributed by atoms with van der Waals surface area (Å²) in [4.78, 5) is 25.5. The van der Waals surface area contributed by atoms with E-state index in [1.165, 1.54) is 0 Å². The molecule has 110 valence electrons. The van der Waals surface area contributed by atoms with Gasteiger partial charge in [0.05, 0.1) is 12.0 Å². The van der Waals surface area contributed by atoms with Gasteiger partial charge in [-0.1, -0.05) is 30.3 Å². The number of carbonyl (C=O) groups excluding carboxylic acids is 1. The number of carboxylic acid groups (broad SMARTS) is 1. The predicted octanol–water partition coefficient (Wildman–Crippen LogP) is 2.96. The summed E-state index contributed by atoms with van der Waals surface area (Å²) in [6, 6.07) is 15.0. The summed E-state index contributed by atoms with van der Waals surface area (Å²) in [5.74, 6) is -0.757. The molecule has 2 aromatic rings. The molecule has 0 atom stereocenters. The molecule has 1 heterocycles. The van der Waals surface area contributed by atoms with E-state index in [0.29, 0.717) is 19.4 Å². The smallest absolute Gasteiger partial charge is 0.314 e. The van der Waals surface area contributed by atoms with E-state index in [4.69, 9.17) is 0 Å². The molecule has 22 heavy (non-hydrogen) atoms. The monoisotopic (exact) mass is 293 g/mol. The Kier molecular flexibility index (Phi) is 2.64. The first-order chi connectivity index (χ1) is 10.6. The molecule has 0 saturated heterocycles. The molecular weight excluding hydrogens is 278 g/mol. The van der Waals surface area contributed by atoms with Crippen molar-refractivity contribution in [2.24, 2.45) is 0 Å². The Bertz CT molecular complexity index is 775. The molecule has 2 aromatic carbocycles. The quantitative estimate of drug-likeness (QED) is 0.946. The molecule has 1 saturated carbocycles. The molecule has 2 aliphatic rings. The summed E-state index contributed by atoms with van der Waals surface area (Å²) in [5, 5.41) is 9.33. The highest BCUT2D eigenvalue weighted by Gasteiger charge is 2.51. The molecule has 4 nitrogen and oxygen atoms in total. The van der Waals surface area contributed by atoms with Crippen LogP contribution in [0.2, 0.25) is 0 Å². The lowest BCUT2D eigenvalue weighted by atomic mass is 9.96. The lowest BCUT2D eigenvalue weighted by Crippen LogP contribution is -2.23. The fraction of sp³-hybridized carbons (Fsp3) is 0.222. The van der Waals surface area contributed by atoms with E-state index in [1.54, 1.807) is 4.90 Å². The highest BCUT2D eigenvalue weighted by Crippen LogP contribution is 2.48. The Labute approximate surface area is 128 Å². The molecule has 0 bridgehead atoms. The number of amides is 1. The van der Waals surface area contributed by atoms with Crippen LogP contribution in [0.3, 0.4) is 0 Å². The molecule has 0 unspecified atom stereocenters. The zero-order valence-corrected chi connectivity index (χ0v) is 12.0. The summed E-state index contributed by atoms with van der Waals surface area (Å²) in [6.45, 7) is 0.568. The highest BCUT2D eigenvalue weighted by atomic mass is 16.4. The molecule has 0 spiro atoms. The second-order valence-corrected chi connectivity index (χ2v) is 5.98. The van der Waals surface area contributed by atoms with Crippen LogP contribution in [0.25, 0.3) is 0 Å². The van der Waals surface area contributed by atoms with Crippen molar-refractivity contribution in [3.63, 3.8) is 0 Å². The molecule has 0 aromatic heterocycles. The van der Waals surface area contributed by atoms with Crippen LogP contribution in [-0.4, -0.2) is 17.0 Å². The SMILES string of the molecule is O=C1c2ccccc2CN1c1ccc(C2(C(=O)O)CC2)cc1. The minimum atomic E-state index is -0.759. The number of rotatable bonds is 3. The normalized spacial score (nSPS) is 18.2. The molecule has 4 rings (SSSR count).